The van der Waals surface area contributed by atoms with Crippen LogP contribution in [0.1, 0.15) is 19.8 Å². The van der Waals surface area contributed by atoms with Crippen molar-refractivity contribution in [3.63, 3.8) is 0 Å². The number of carbonyl (C=O) groups is 4. The second-order valence-corrected chi connectivity index (χ2v) is 7.85. The Hall–Kier alpha value is -4.03. The molecule has 3 rings (SSSR count). The zero-order valence-electron chi connectivity index (χ0n) is 19.1. The SMILES string of the molecule is COc1cc2nc(NCCC[C@@H]3NC(=O)N(CC(=O)NC[C@H](C)C(=O)O)C3=O)[nH]c2cc1OC. The molecule has 2 atom stereocenters. The number of H-pyrrole nitrogens is 1. The molecule has 4 amide bonds. The highest BCUT2D eigenvalue weighted by molar-refractivity contribution is 6.06. The van der Waals surface area contributed by atoms with Gasteiger partial charge in [-0.25, -0.2) is 9.78 Å². The molecule has 34 heavy (non-hydrogen) atoms. The summed E-state index contributed by atoms with van der Waals surface area (Å²) in [5.41, 5.74) is 1.47. The summed E-state index contributed by atoms with van der Waals surface area (Å²) in [6.07, 6.45) is 0.921. The first-order valence-corrected chi connectivity index (χ1v) is 10.7. The molecule has 13 nitrogen and oxygen atoms in total. The molecule has 0 radical (unpaired) electrons. The number of nitrogens with one attached hydrogen (secondary N) is 4. The lowest BCUT2D eigenvalue weighted by atomic mass is 10.1. The molecule has 1 aliphatic heterocycles. The molecule has 0 saturated carbocycles. The topological polar surface area (TPSA) is 175 Å². The van der Waals surface area contributed by atoms with Gasteiger partial charge in [-0.15, -0.1) is 0 Å². The van der Waals surface area contributed by atoms with Crippen LogP contribution in [0.4, 0.5) is 10.7 Å². The van der Waals surface area contributed by atoms with Gasteiger partial charge >= 0.3 is 12.0 Å². The Morgan fingerprint density at radius 3 is 2.62 bits per heavy atom. The predicted molar refractivity (Wildman–Crippen MR) is 121 cm³/mol. The molecule has 0 spiro atoms. The number of amides is 4. The van der Waals surface area contributed by atoms with Crippen LogP contribution in [0.25, 0.3) is 11.0 Å². The summed E-state index contributed by atoms with van der Waals surface area (Å²) in [7, 11) is 3.10. The molecule has 1 saturated heterocycles. The molecule has 1 aromatic heterocycles. The number of fused-ring (bicyclic) bond motifs is 1. The first-order valence-electron chi connectivity index (χ1n) is 10.7. The second-order valence-electron chi connectivity index (χ2n) is 7.85. The van der Waals surface area contributed by atoms with Crippen molar-refractivity contribution in [1.29, 1.82) is 0 Å². The molecule has 5 N–H and O–H groups in total. The van der Waals surface area contributed by atoms with Crippen molar-refractivity contribution in [3.05, 3.63) is 12.1 Å². The Morgan fingerprint density at radius 1 is 1.24 bits per heavy atom. The highest BCUT2D eigenvalue weighted by atomic mass is 16.5. The molecule has 1 fully saturated rings. The maximum absolute atomic E-state index is 12.5. The number of imidazole rings is 1. The van der Waals surface area contributed by atoms with Crippen molar-refractivity contribution in [2.75, 3.05) is 39.2 Å². The van der Waals surface area contributed by atoms with Crippen LogP contribution in [0.15, 0.2) is 12.1 Å². The van der Waals surface area contributed by atoms with E-state index in [4.69, 9.17) is 14.6 Å². The van der Waals surface area contributed by atoms with Crippen molar-refractivity contribution < 1.29 is 33.8 Å². The van der Waals surface area contributed by atoms with Gasteiger partial charge in [-0.05, 0) is 12.8 Å². The van der Waals surface area contributed by atoms with Gasteiger partial charge in [0.15, 0.2) is 11.5 Å². The van der Waals surface area contributed by atoms with E-state index in [2.05, 4.69) is 25.9 Å². The zero-order chi connectivity index (χ0) is 24.8. The number of rotatable bonds is 12. The number of imide groups is 1. The highest BCUT2D eigenvalue weighted by Gasteiger charge is 2.38. The molecule has 13 heteroatoms. The number of hydrogen-bond donors (Lipinski definition) is 5. The van der Waals surface area contributed by atoms with Crippen molar-refractivity contribution >= 4 is 40.8 Å². The van der Waals surface area contributed by atoms with E-state index in [0.29, 0.717) is 42.4 Å². The number of aromatic amines is 1. The molecule has 0 aliphatic carbocycles. The van der Waals surface area contributed by atoms with Crippen molar-refractivity contribution in [2.45, 2.75) is 25.8 Å². The monoisotopic (exact) mass is 476 g/mol. The van der Waals surface area contributed by atoms with Gasteiger partial charge in [0.2, 0.25) is 11.9 Å². The number of hydrogen-bond acceptors (Lipinski definition) is 8. The number of nitrogens with zero attached hydrogens (tertiary/aromatic N) is 2. The summed E-state index contributed by atoms with van der Waals surface area (Å²) in [6.45, 7) is 1.38. The van der Waals surface area contributed by atoms with Crippen LogP contribution in [-0.4, -0.2) is 83.7 Å². The Balaban J connectivity index is 1.46. The number of aromatic nitrogens is 2. The van der Waals surface area contributed by atoms with Gasteiger partial charge < -0.3 is 35.5 Å². The average Bonchev–Trinajstić information content (AvgIpc) is 3.33. The molecule has 2 aromatic rings. The van der Waals surface area contributed by atoms with Gasteiger partial charge in [-0.1, -0.05) is 6.92 Å². The third-order valence-electron chi connectivity index (χ3n) is 5.38. The molecule has 2 heterocycles. The summed E-state index contributed by atoms with van der Waals surface area (Å²) < 4.78 is 10.6. The van der Waals surface area contributed by atoms with Crippen LogP contribution in [-0.2, 0) is 14.4 Å². The minimum atomic E-state index is -1.05. The molecular formula is C21H28N6O7. The second kappa shape index (κ2) is 10.7. The number of benzene rings is 1. The molecule has 0 unspecified atom stereocenters. The molecular weight excluding hydrogens is 448 g/mol. The summed E-state index contributed by atoms with van der Waals surface area (Å²) >= 11 is 0. The van der Waals surface area contributed by atoms with Crippen LogP contribution >= 0.6 is 0 Å². The number of ether oxygens (including phenoxy) is 2. The van der Waals surface area contributed by atoms with Crippen LogP contribution in [0.3, 0.4) is 0 Å². The number of carbonyl (C=O) groups excluding carboxylic acids is 3. The number of carboxylic acids is 1. The zero-order valence-corrected chi connectivity index (χ0v) is 19.1. The fraction of sp³-hybridized carbons (Fsp3) is 0.476. The van der Waals surface area contributed by atoms with E-state index >= 15 is 0 Å². The van der Waals surface area contributed by atoms with Crippen molar-refractivity contribution in [3.8, 4) is 11.5 Å². The molecule has 184 valence electrons. The Bertz CT molecular complexity index is 1040. The van der Waals surface area contributed by atoms with Crippen LogP contribution in [0.5, 0.6) is 11.5 Å². The average molecular weight is 476 g/mol. The van der Waals surface area contributed by atoms with E-state index in [9.17, 15) is 19.2 Å². The number of methoxy groups -OCH3 is 2. The Labute approximate surface area is 195 Å². The van der Waals surface area contributed by atoms with Crippen LogP contribution in [0.2, 0.25) is 0 Å². The van der Waals surface area contributed by atoms with Crippen molar-refractivity contribution in [1.82, 2.24) is 25.5 Å². The van der Waals surface area contributed by atoms with Crippen LogP contribution in [0, 0.1) is 5.92 Å². The molecule has 1 aromatic carbocycles. The van der Waals surface area contributed by atoms with E-state index in [-0.39, 0.29) is 6.54 Å². The Kier molecular flexibility index (Phi) is 7.76. The lowest BCUT2D eigenvalue weighted by Gasteiger charge is -2.14. The van der Waals surface area contributed by atoms with E-state index < -0.39 is 42.3 Å². The van der Waals surface area contributed by atoms with Crippen LogP contribution < -0.4 is 25.4 Å². The summed E-state index contributed by atoms with van der Waals surface area (Å²) in [5, 5.41) is 17.0. The first kappa shape index (κ1) is 24.6. The predicted octanol–water partition coefficient (Wildman–Crippen LogP) is 0.530. The third kappa shape index (κ3) is 5.66. The van der Waals surface area contributed by atoms with E-state index in [1.807, 2.05) is 0 Å². The van der Waals surface area contributed by atoms with Crippen molar-refractivity contribution in [2.24, 2.45) is 5.92 Å². The lowest BCUT2D eigenvalue weighted by Crippen LogP contribution is -2.42. The molecule has 1 aliphatic rings. The van der Waals surface area contributed by atoms with Gasteiger partial charge in [0.1, 0.15) is 12.6 Å². The standard InChI is InChI=1S/C21H28N6O7/c1-11(19(30)31)9-23-17(28)10-27-18(29)12(26-21(27)32)5-4-6-22-20-24-13-7-15(33-2)16(34-3)8-14(13)25-20/h7-8,11-12H,4-6,9-10H2,1-3H3,(H,23,28)(H,26,32)(H,30,31)(H2,22,24,25)/t11-,12-/m0/s1. The Morgan fingerprint density at radius 2 is 1.94 bits per heavy atom. The van der Waals surface area contributed by atoms with E-state index in [0.717, 1.165) is 10.4 Å². The smallest absolute Gasteiger partial charge is 0.325 e. The number of carboxylic acid groups (broad SMARTS) is 1. The largest absolute Gasteiger partial charge is 0.493 e. The number of anilines is 1. The quantitative estimate of drug-likeness (QED) is 0.216. The van der Waals surface area contributed by atoms with E-state index in [1.54, 1.807) is 26.4 Å². The minimum absolute atomic E-state index is 0.0890. The maximum atomic E-state index is 12.5. The highest BCUT2D eigenvalue weighted by Crippen LogP contribution is 2.31. The fourth-order valence-electron chi connectivity index (χ4n) is 3.41. The number of urea groups is 1. The van der Waals surface area contributed by atoms with Gasteiger partial charge in [0.25, 0.3) is 5.91 Å². The number of aliphatic carboxylic acids is 1. The third-order valence-corrected chi connectivity index (χ3v) is 5.38. The lowest BCUT2D eigenvalue weighted by molar-refractivity contribution is -0.141. The first-order chi connectivity index (χ1) is 16.2. The summed E-state index contributed by atoms with van der Waals surface area (Å²) in [4.78, 5) is 55.8. The van der Waals surface area contributed by atoms with E-state index in [1.165, 1.54) is 6.92 Å². The normalized spacial score (nSPS) is 16.3. The van der Waals surface area contributed by atoms with Gasteiger partial charge in [-0.2, -0.15) is 0 Å². The fourth-order valence-corrected chi connectivity index (χ4v) is 3.41. The summed E-state index contributed by atoms with van der Waals surface area (Å²) in [6, 6.07) is 2.16. The maximum Gasteiger partial charge on any atom is 0.325 e. The van der Waals surface area contributed by atoms with Gasteiger partial charge in [-0.3, -0.25) is 19.3 Å². The van der Waals surface area contributed by atoms with Gasteiger partial charge in [0.05, 0.1) is 31.2 Å². The van der Waals surface area contributed by atoms with Gasteiger partial charge in [0, 0.05) is 25.2 Å². The summed E-state index contributed by atoms with van der Waals surface area (Å²) in [5.74, 6) is -1.23. The molecule has 0 bridgehead atoms. The minimum Gasteiger partial charge on any atom is -0.493 e.